The Morgan fingerprint density at radius 1 is 1.45 bits per heavy atom. The highest BCUT2D eigenvalue weighted by Crippen LogP contribution is 2.21. The molecule has 1 saturated heterocycles. The maximum absolute atomic E-state index is 12.2. The Labute approximate surface area is 117 Å². The van der Waals surface area contributed by atoms with E-state index in [-0.39, 0.29) is 13.0 Å². The summed E-state index contributed by atoms with van der Waals surface area (Å²) in [4.78, 5) is 25.0. The van der Waals surface area contributed by atoms with Gasteiger partial charge >= 0.3 is 12.0 Å². The molecule has 0 aliphatic carbocycles. The molecule has 1 aliphatic rings. The van der Waals surface area contributed by atoms with Crippen LogP contribution in [0.2, 0.25) is 0 Å². The lowest BCUT2D eigenvalue weighted by Gasteiger charge is -2.27. The first-order valence-electron chi connectivity index (χ1n) is 6.38. The smallest absolute Gasteiger partial charge is 0.332 e. The fraction of sp³-hybridized carbons (Fsp3) is 0.429. The zero-order valence-electron chi connectivity index (χ0n) is 11.5. The van der Waals surface area contributed by atoms with Gasteiger partial charge in [-0.2, -0.15) is 0 Å². The average Bonchev–Trinajstić information content (AvgIpc) is 2.87. The molecular formula is C14H18N2O4. The van der Waals surface area contributed by atoms with E-state index in [0.717, 1.165) is 5.56 Å². The van der Waals surface area contributed by atoms with Crippen LogP contribution in [-0.4, -0.2) is 42.9 Å². The summed E-state index contributed by atoms with van der Waals surface area (Å²) < 4.78 is 5.11. The van der Waals surface area contributed by atoms with Crippen LogP contribution in [0.15, 0.2) is 24.3 Å². The van der Waals surface area contributed by atoms with Crippen molar-refractivity contribution in [2.75, 3.05) is 25.2 Å². The number of carboxylic acids is 1. The minimum absolute atomic E-state index is 0.00424. The molecule has 108 valence electrons. The van der Waals surface area contributed by atoms with Crippen molar-refractivity contribution < 1.29 is 19.4 Å². The number of nitrogens with one attached hydrogen (secondary N) is 1. The van der Waals surface area contributed by atoms with Gasteiger partial charge in [0.05, 0.1) is 6.61 Å². The van der Waals surface area contributed by atoms with Crippen LogP contribution in [0.5, 0.6) is 0 Å². The van der Waals surface area contributed by atoms with Crippen LogP contribution in [0.1, 0.15) is 12.0 Å². The first-order valence-corrected chi connectivity index (χ1v) is 6.38. The van der Waals surface area contributed by atoms with Gasteiger partial charge in [0.15, 0.2) is 5.54 Å². The molecule has 0 spiro atoms. The highest BCUT2D eigenvalue weighted by atomic mass is 16.5. The van der Waals surface area contributed by atoms with Crippen LogP contribution < -0.4 is 10.2 Å². The number of aryl methyl sites for hydroxylation is 1. The topological polar surface area (TPSA) is 78.9 Å². The largest absolute Gasteiger partial charge is 0.479 e. The molecular weight excluding hydrogens is 260 g/mol. The van der Waals surface area contributed by atoms with Crippen LogP contribution in [-0.2, 0) is 9.53 Å². The van der Waals surface area contributed by atoms with Gasteiger partial charge in [0.2, 0.25) is 0 Å². The van der Waals surface area contributed by atoms with E-state index < -0.39 is 17.5 Å². The van der Waals surface area contributed by atoms with E-state index in [4.69, 9.17) is 4.74 Å². The molecule has 1 aliphatic heterocycles. The monoisotopic (exact) mass is 278 g/mol. The Morgan fingerprint density at radius 2 is 2.20 bits per heavy atom. The highest BCUT2D eigenvalue weighted by molar-refractivity contribution is 5.95. The minimum atomic E-state index is -1.32. The third-order valence-corrected chi connectivity index (χ3v) is 3.47. The molecule has 0 aromatic heterocycles. The summed E-state index contributed by atoms with van der Waals surface area (Å²) in [6, 6.07) is 6.98. The molecule has 1 aromatic carbocycles. The average molecular weight is 278 g/mol. The number of carboxylic acid groups (broad SMARTS) is 1. The van der Waals surface area contributed by atoms with Crippen LogP contribution in [0, 0.1) is 6.92 Å². The normalized spacial score (nSPS) is 21.5. The van der Waals surface area contributed by atoms with Crippen LogP contribution in [0.4, 0.5) is 10.5 Å². The maximum Gasteiger partial charge on any atom is 0.332 e. The second-order valence-electron chi connectivity index (χ2n) is 5.02. The number of aliphatic carboxylic acids is 1. The number of rotatable bonds is 3. The number of benzene rings is 1. The van der Waals surface area contributed by atoms with Gasteiger partial charge in [-0.3, -0.25) is 4.90 Å². The highest BCUT2D eigenvalue weighted by Gasteiger charge is 2.44. The number of anilines is 1. The molecule has 1 heterocycles. The van der Waals surface area contributed by atoms with Crippen molar-refractivity contribution >= 4 is 17.7 Å². The molecule has 6 nitrogen and oxygen atoms in total. The summed E-state index contributed by atoms with van der Waals surface area (Å²) in [5.41, 5.74) is 0.413. The fourth-order valence-corrected chi connectivity index (χ4v) is 2.13. The van der Waals surface area contributed by atoms with Crippen LogP contribution in [0.25, 0.3) is 0 Å². The van der Waals surface area contributed by atoms with Crippen molar-refractivity contribution in [2.24, 2.45) is 0 Å². The molecule has 0 saturated carbocycles. The quantitative estimate of drug-likeness (QED) is 0.875. The van der Waals surface area contributed by atoms with Gasteiger partial charge in [-0.25, -0.2) is 9.59 Å². The maximum atomic E-state index is 12.2. The lowest BCUT2D eigenvalue weighted by molar-refractivity contribution is -0.144. The number of ether oxygens (including phenoxy) is 1. The van der Waals surface area contributed by atoms with Crippen molar-refractivity contribution in [2.45, 2.75) is 18.9 Å². The molecule has 0 radical (unpaired) electrons. The van der Waals surface area contributed by atoms with Gasteiger partial charge in [0, 0.05) is 25.8 Å². The second kappa shape index (κ2) is 5.50. The van der Waals surface area contributed by atoms with Gasteiger partial charge in [-0.05, 0) is 24.6 Å². The predicted molar refractivity (Wildman–Crippen MR) is 73.9 cm³/mol. The zero-order chi connectivity index (χ0) is 14.8. The number of carbonyl (C=O) groups excluding carboxylic acids is 1. The molecule has 20 heavy (non-hydrogen) atoms. The number of amides is 2. The minimum Gasteiger partial charge on any atom is -0.479 e. The molecule has 2 rings (SSSR count). The summed E-state index contributed by atoms with van der Waals surface area (Å²) in [6.45, 7) is 2.26. The molecule has 2 amide bonds. The van der Waals surface area contributed by atoms with Gasteiger partial charge in [-0.1, -0.05) is 12.1 Å². The Hall–Kier alpha value is -2.08. The van der Waals surface area contributed by atoms with Crippen molar-refractivity contribution in [3.63, 3.8) is 0 Å². The standard InChI is InChI=1S/C14H18N2O4/c1-10-4-3-5-11(8-10)16(2)13(19)15-14(12(17)18)6-7-20-9-14/h3-5,8H,6-7,9H2,1-2H3,(H,15,19)(H,17,18). The lowest BCUT2D eigenvalue weighted by Crippen LogP contribution is -2.58. The second-order valence-corrected chi connectivity index (χ2v) is 5.02. The van der Waals surface area contributed by atoms with E-state index in [9.17, 15) is 14.7 Å². The third-order valence-electron chi connectivity index (χ3n) is 3.47. The number of hydrogen-bond donors (Lipinski definition) is 2. The molecule has 1 aromatic rings. The number of carbonyl (C=O) groups is 2. The first kappa shape index (κ1) is 14.3. The van der Waals surface area contributed by atoms with Crippen LogP contribution >= 0.6 is 0 Å². The SMILES string of the molecule is Cc1cccc(N(C)C(=O)NC2(C(=O)O)CCOC2)c1. The summed E-state index contributed by atoms with van der Waals surface area (Å²) >= 11 is 0. The zero-order valence-corrected chi connectivity index (χ0v) is 11.5. The molecule has 1 fully saturated rings. The lowest BCUT2D eigenvalue weighted by atomic mass is 9.99. The number of nitrogens with zero attached hydrogens (tertiary/aromatic N) is 1. The van der Waals surface area contributed by atoms with E-state index in [2.05, 4.69) is 5.32 Å². The Morgan fingerprint density at radius 3 is 2.75 bits per heavy atom. The summed E-state index contributed by atoms with van der Waals surface area (Å²) in [5, 5.41) is 11.9. The first-order chi connectivity index (χ1) is 9.44. The van der Waals surface area contributed by atoms with E-state index in [1.54, 1.807) is 13.1 Å². The fourth-order valence-electron chi connectivity index (χ4n) is 2.13. The Kier molecular flexibility index (Phi) is 3.94. The predicted octanol–water partition coefficient (Wildman–Crippen LogP) is 1.38. The van der Waals surface area contributed by atoms with Crippen molar-refractivity contribution in [3.05, 3.63) is 29.8 Å². The van der Waals surface area contributed by atoms with E-state index in [1.165, 1.54) is 4.90 Å². The van der Waals surface area contributed by atoms with Crippen LogP contribution in [0.3, 0.4) is 0 Å². The van der Waals surface area contributed by atoms with Crippen molar-refractivity contribution in [1.82, 2.24) is 5.32 Å². The Balaban J connectivity index is 2.13. The van der Waals surface area contributed by atoms with E-state index in [0.29, 0.717) is 12.3 Å². The molecule has 6 heteroatoms. The number of urea groups is 1. The molecule has 1 unspecified atom stereocenters. The van der Waals surface area contributed by atoms with Crippen molar-refractivity contribution in [3.8, 4) is 0 Å². The molecule has 1 atom stereocenters. The van der Waals surface area contributed by atoms with E-state index in [1.807, 2.05) is 25.1 Å². The summed E-state index contributed by atoms with van der Waals surface area (Å²) in [6.07, 6.45) is 0.274. The van der Waals surface area contributed by atoms with Gasteiger partial charge < -0.3 is 15.2 Å². The molecule has 0 bridgehead atoms. The summed E-state index contributed by atoms with van der Waals surface area (Å²) in [7, 11) is 1.61. The Bertz CT molecular complexity index is 524. The summed E-state index contributed by atoms with van der Waals surface area (Å²) in [5.74, 6) is -1.07. The van der Waals surface area contributed by atoms with E-state index >= 15 is 0 Å². The number of hydrogen-bond acceptors (Lipinski definition) is 3. The van der Waals surface area contributed by atoms with Crippen molar-refractivity contribution in [1.29, 1.82) is 0 Å². The molecule has 2 N–H and O–H groups in total. The van der Waals surface area contributed by atoms with Gasteiger partial charge in [-0.15, -0.1) is 0 Å². The van der Waals surface area contributed by atoms with Gasteiger partial charge in [0.1, 0.15) is 0 Å². The third kappa shape index (κ3) is 2.75. The van der Waals surface area contributed by atoms with Gasteiger partial charge in [0.25, 0.3) is 0 Å².